The molecule has 0 fully saturated rings. The largest absolute Gasteiger partial charge is 0.348 e. The number of anilines is 1. The molecule has 30 heavy (non-hydrogen) atoms. The lowest BCUT2D eigenvalue weighted by molar-refractivity contribution is 0.0870. The Morgan fingerprint density at radius 3 is 2.10 bits per heavy atom. The number of nitrogens with zero attached hydrogens (tertiary/aromatic N) is 2. The highest BCUT2D eigenvalue weighted by Crippen LogP contribution is 3.02. The maximum absolute atomic E-state index is 13.0. The highest BCUT2D eigenvalue weighted by Gasteiger charge is 2.65. The third-order valence-corrected chi connectivity index (χ3v) is 5.98. The molecule has 1 atom stereocenters. The second kappa shape index (κ2) is 6.69. The molecule has 2 rings (SSSR count). The SMILES string of the molecule is CC(C)[C@@](C)(NC(=O)c1cc(=O)[nH]c(N(C)C)n1)c1ccc(S(F)(F)(F)(F)F)cc1. The molecule has 2 aromatic rings. The molecule has 12 heteroatoms. The summed E-state index contributed by atoms with van der Waals surface area (Å²) in [6, 6.07) is 3.41. The first-order valence-electron chi connectivity index (χ1n) is 8.79. The standard InChI is InChI=1S/C18H23F5N4O2S/c1-11(2)18(3,12-6-8-13(9-7-12)30(19,20,21,22)23)26-16(29)14-10-15(28)25-17(24-14)27(4)5/h6-11H,1-5H3,(H,26,29)(H,24,25,28)/t18-/m1/s1. The first kappa shape index (κ1) is 23.6. The summed E-state index contributed by atoms with van der Waals surface area (Å²) in [6.07, 6.45) is 0. The average Bonchev–Trinajstić information content (AvgIpc) is 2.59. The van der Waals surface area contributed by atoms with Gasteiger partial charge in [-0.25, -0.2) is 4.98 Å². The molecular formula is C18H23F5N4O2S. The summed E-state index contributed by atoms with van der Waals surface area (Å²) in [5.74, 6) is -0.945. The van der Waals surface area contributed by atoms with Gasteiger partial charge in [0, 0.05) is 20.2 Å². The fourth-order valence-corrected chi connectivity index (χ4v) is 3.33. The Hall–Kier alpha value is -2.63. The second-order valence-electron chi connectivity index (χ2n) is 7.65. The molecule has 1 heterocycles. The minimum atomic E-state index is -9.80. The summed E-state index contributed by atoms with van der Waals surface area (Å²) in [7, 11) is -6.58. The van der Waals surface area contributed by atoms with Crippen molar-refractivity contribution < 1.29 is 24.2 Å². The second-order valence-corrected chi connectivity index (χ2v) is 10.1. The van der Waals surface area contributed by atoms with Crippen LogP contribution in [0.1, 0.15) is 36.8 Å². The molecule has 0 bridgehead atoms. The Morgan fingerprint density at radius 2 is 1.67 bits per heavy atom. The Morgan fingerprint density at radius 1 is 1.13 bits per heavy atom. The molecule has 2 N–H and O–H groups in total. The van der Waals surface area contributed by atoms with Gasteiger partial charge < -0.3 is 10.2 Å². The van der Waals surface area contributed by atoms with Gasteiger partial charge in [0.1, 0.15) is 10.6 Å². The molecule has 1 amide bonds. The van der Waals surface area contributed by atoms with Gasteiger partial charge in [-0.1, -0.05) is 45.4 Å². The van der Waals surface area contributed by atoms with Gasteiger partial charge in [0.25, 0.3) is 11.5 Å². The van der Waals surface area contributed by atoms with Crippen molar-refractivity contribution in [3.05, 3.63) is 51.9 Å². The van der Waals surface area contributed by atoms with E-state index in [1.54, 1.807) is 34.9 Å². The third kappa shape index (κ3) is 5.10. The molecule has 0 aliphatic carbocycles. The first-order chi connectivity index (χ1) is 13.3. The Bertz CT molecular complexity index is 1020. The number of benzene rings is 1. The van der Waals surface area contributed by atoms with E-state index in [1.165, 1.54) is 4.90 Å². The van der Waals surface area contributed by atoms with E-state index < -0.39 is 32.1 Å². The van der Waals surface area contributed by atoms with Gasteiger partial charge in [-0.05, 0) is 30.5 Å². The first-order valence-corrected chi connectivity index (χ1v) is 10.7. The van der Waals surface area contributed by atoms with Crippen LogP contribution in [-0.2, 0) is 5.54 Å². The zero-order valence-corrected chi connectivity index (χ0v) is 17.8. The van der Waals surface area contributed by atoms with Crippen LogP contribution in [0.4, 0.5) is 25.4 Å². The van der Waals surface area contributed by atoms with Gasteiger partial charge in [-0.15, -0.1) is 0 Å². The van der Waals surface area contributed by atoms with Gasteiger partial charge in [0.2, 0.25) is 5.95 Å². The summed E-state index contributed by atoms with van der Waals surface area (Å²) in [4.78, 5) is 30.5. The average molecular weight is 454 g/mol. The fraction of sp³-hybridized carbons (Fsp3) is 0.389. The zero-order chi connectivity index (χ0) is 23.2. The van der Waals surface area contributed by atoms with E-state index in [1.807, 2.05) is 0 Å². The molecule has 0 saturated heterocycles. The lowest BCUT2D eigenvalue weighted by atomic mass is 9.81. The Balaban J connectivity index is 2.45. The number of carbonyl (C=O) groups excluding carboxylic acids is 1. The van der Waals surface area contributed by atoms with E-state index in [-0.39, 0.29) is 23.1 Å². The van der Waals surface area contributed by atoms with Crippen LogP contribution in [0.2, 0.25) is 0 Å². The van der Waals surface area contributed by atoms with Crippen LogP contribution in [0, 0.1) is 5.92 Å². The van der Waals surface area contributed by atoms with Gasteiger partial charge in [0.05, 0.1) is 5.54 Å². The van der Waals surface area contributed by atoms with Crippen LogP contribution in [0.25, 0.3) is 0 Å². The number of hydrogen-bond acceptors (Lipinski definition) is 4. The van der Waals surface area contributed by atoms with Crippen LogP contribution >= 0.6 is 10.2 Å². The maximum atomic E-state index is 13.0. The predicted molar refractivity (Wildman–Crippen MR) is 107 cm³/mol. The molecule has 0 spiro atoms. The molecule has 0 unspecified atom stereocenters. The molecule has 6 nitrogen and oxygen atoms in total. The normalized spacial score (nSPS) is 16.4. The molecule has 0 radical (unpaired) electrons. The third-order valence-electron chi connectivity index (χ3n) is 4.81. The van der Waals surface area contributed by atoms with Crippen molar-refractivity contribution in [1.29, 1.82) is 0 Å². The van der Waals surface area contributed by atoms with Gasteiger partial charge >= 0.3 is 10.2 Å². The minimum Gasteiger partial charge on any atom is -0.348 e. The van der Waals surface area contributed by atoms with Gasteiger partial charge in [-0.3, -0.25) is 14.6 Å². The van der Waals surface area contributed by atoms with Crippen molar-refractivity contribution in [2.45, 2.75) is 31.2 Å². The number of halogens is 5. The van der Waals surface area contributed by atoms with Crippen LogP contribution in [-0.4, -0.2) is 30.0 Å². The van der Waals surface area contributed by atoms with E-state index >= 15 is 0 Å². The van der Waals surface area contributed by atoms with Crippen LogP contribution in [0.15, 0.2) is 40.0 Å². The molecule has 1 aromatic heterocycles. The zero-order valence-electron chi connectivity index (χ0n) is 17.0. The Labute approximate surface area is 170 Å². The highest BCUT2D eigenvalue weighted by molar-refractivity contribution is 8.45. The van der Waals surface area contributed by atoms with Crippen LogP contribution in [0.3, 0.4) is 0 Å². The van der Waals surface area contributed by atoms with Crippen molar-refractivity contribution in [2.75, 3.05) is 19.0 Å². The van der Waals surface area contributed by atoms with E-state index in [2.05, 4.69) is 15.3 Å². The van der Waals surface area contributed by atoms with E-state index in [0.29, 0.717) is 12.1 Å². The number of H-pyrrole nitrogens is 1. The van der Waals surface area contributed by atoms with Gasteiger partial charge in [-0.2, -0.15) is 0 Å². The monoisotopic (exact) mass is 454 g/mol. The number of aromatic nitrogens is 2. The summed E-state index contributed by atoms with van der Waals surface area (Å²) >= 11 is 0. The number of aromatic amines is 1. The summed E-state index contributed by atoms with van der Waals surface area (Å²) < 4.78 is 65.0. The van der Waals surface area contributed by atoms with Gasteiger partial charge in [0.15, 0.2) is 0 Å². The van der Waals surface area contributed by atoms with Crippen molar-refractivity contribution in [3.63, 3.8) is 0 Å². The summed E-state index contributed by atoms with van der Waals surface area (Å²) in [6.45, 7) is 4.95. The van der Waals surface area contributed by atoms with Crippen LogP contribution < -0.4 is 15.8 Å². The maximum Gasteiger partial charge on any atom is 0.310 e. The lowest BCUT2D eigenvalue weighted by Gasteiger charge is -2.41. The predicted octanol–water partition coefficient (Wildman–Crippen LogP) is 4.79. The molecule has 0 saturated carbocycles. The molecule has 0 aliphatic heterocycles. The topological polar surface area (TPSA) is 78.1 Å². The molecular weight excluding hydrogens is 431 g/mol. The number of rotatable bonds is 6. The lowest BCUT2D eigenvalue weighted by Crippen LogP contribution is -2.47. The fourth-order valence-electron chi connectivity index (χ4n) is 2.68. The smallest absolute Gasteiger partial charge is 0.310 e. The van der Waals surface area contributed by atoms with Crippen molar-refractivity contribution in [2.24, 2.45) is 5.92 Å². The number of nitrogens with one attached hydrogen (secondary N) is 2. The van der Waals surface area contributed by atoms with Crippen molar-refractivity contribution >= 4 is 22.1 Å². The highest BCUT2D eigenvalue weighted by atomic mass is 32.5. The molecule has 1 aromatic carbocycles. The van der Waals surface area contributed by atoms with E-state index in [9.17, 15) is 29.0 Å². The Kier molecular flexibility index (Phi) is 5.27. The van der Waals surface area contributed by atoms with Crippen molar-refractivity contribution in [1.82, 2.24) is 15.3 Å². The number of amides is 1. The van der Waals surface area contributed by atoms with E-state index in [4.69, 9.17) is 0 Å². The number of hydrogen-bond donors (Lipinski definition) is 2. The van der Waals surface area contributed by atoms with E-state index in [0.717, 1.165) is 18.2 Å². The summed E-state index contributed by atoms with van der Waals surface area (Å²) in [5, 5.41) is 2.66. The molecule has 168 valence electrons. The quantitative estimate of drug-likeness (QED) is 0.615. The summed E-state index contributed by atoms with van der Waals surface area (Å²) in [5.41, 5.74) is -1.80. The molecule has 0 aliphatic rings. The van der Waals surface area contributed by atoms with Crippen LogP contribution in [0.5, 0.6) is 0 Å². The minimum absolute atomic E-state index is 0.138. The van der Waals surface area contributed by atoms with Crippen molar-refractivity contribution in [3.8, 4) is 0 Å². The number of carbonyl (C=O) groups is 1.